The van der Waals surface area contributed by atoms with Crippen molar-refractivity contribution in [2.75, 3.05) is 0 Å². The molecule has 0 saturated heterocycles. The van der Waals surface area contributed by atoms with Crippen molar-refractivity contribution in [1.82, 2.24) is 0 Å². The van der Waals surface area contributed by atoms with E-state index in [1.54, 1.807) is 6.07 Å². The van der Waals surface area contributed by atoms with Crippen LogP contribution in [0.15, 0.2) is 39.3 Å². The van der Waals surface area contributed by atoms with Gasteiger partial charge < -0.3 is 5.11 Å². The highest BCUT2D eigenvalue weighted by Gasteiger charge is 2.15. The first kappa shape index (κ1) is 14.7. The van der Waals surface area contributed by atoms with Crippen LogP contribution in [0, 0.1) is 19.7 Å². The van der Waals surface area contributed by atoms with Crippen molar-refractivity contribution < 1.29 is 9.50 Å². The van der Waals surface area contributed by atoms with Crippen molar-refractivity contribution >= 4 is 31.9 Å². The van der Waals surface area contributed by atoms with E-state index in [1.165, 1.54) is 12.1 Å². The van der Waals surface area contributed by atoms with E-state index in [9.17, 15) is 9.50 Å². The second-order valence-corrected chi connectivity index (χ2v) is 6.33. The summed E-state index contributed by atoms with van der Waals surface area (Å²) in [5.74, 6) is -0.366. The molecule has 0 aliphatic rings. The number of hydrogen-bond donors (Lipinski definition) is 1. The predicted molar refractivity (Wildman–Crippen MR) is 81.8 cm³/mol. The van der Waals surface area contributed by atoms with Crippen LogP contribution in [0.5, 0.6) is 0 Å². The Balaban J connectivity index is 2.49. The SMILES string of the molecule is Cc1cc(C(O)c2cc(F)cc(Br)c2)c(C)cc1Br. The number of aryl methyl sites for hydroxylation is 2. The van der Waals surface area contributed by atoms with E-state index < -0.39 is 6.10 Å². The average Bonchev–Trinajstić information content (AvgIpc) is 2.31. The van der Waals surface area contributed by atoms with Crippen LogP contribution in [-0.2, 0) is 0 Å². The largest absolute Gasteiger partial charge is 0.384 e. The lowest BCUT2D eigenvalue weighted by atomic mass is 9.96. The summed E-state index contributed by atoms with van der Waals surface area (Å²) >= 11 is 6.70. The summed E-state index contributed by atoms with van der Waals surface area (Å²) in [6.45, 7) is 3.89. The zero-order valence-electron chi connectivity index (χ0n) is 10.5. The molecule has 100 valence electrons. The first-order chi connectivity index (χ1) is 8.88. The number of hydrogen-bond acceptors (Lipinski definition) is 1. The molecule has 1 nitrogen and oxygen atoms in total. The lowest BCUT2D eigenvalue weighted by molar-refractivity contribution is 0.219. The van der Waals surface area contributed by atoms with E-state index in [0.29, 0.717) is 10.0 Å². The molecule has 2 rings (SSSR count). The minimum Gasteiger partial charge on any atom is -0.384 e. The average molecular weight is 388 g/mol. The molecule has 0 amide bonds. The molecule has 0 radical (unpaired) electrons. The third kappa shape index (κ3) is 3.25. The molecule has 0 saturated carbocycles. The Morgan fingerprint density at radius 3 is 2.32 bits per heavy atom. The van der Waals surface area contributed by atoms with Gasteiger partial charge in [0.05, 0.1) is 0 Å². The van der Waals surface area contributed by atoms with Crippen LogP contribution in [0.25, 0.3) is 0 Å². The Morgan fingerprint density at radius 2 is 1.68 bits per heavy atom. The van der Waals surface area contributed by atoms with Gasteiger partial charge in [0.1, 0.15) is 11.9 Å². The summed E-state index contributed by atoms with van der Waals surface area (Å²) in [5.41, 5.74) is 3.33. The first-order valence-corrected chi connectivity index (χ1v) is 7.38. The number of aliphatic hydroxyl groups excluding tert-OH is 1. The highest BCUT2D eigenvalue weighted by Crippen LogP contribution is 2.30. The molecule has 0 aliphatic carbocycles. The molecule has 1 N–H and O–H groups in total. The van der Waals surface area contributed by atoms with E-state index in [2.05, 4.69) is 31.9 Å². The summed E-state index contributed by atoms with van der Waals surface area (Å²) in [6, 6.07) is 8.33. The Bertz CT molecular complexity index is 606. The van der Waals surface area contributed by atoms with Crippen LogP contribution < -0.4 is 0 Å². The molecule has 0 aromatic heterocycles. The molecule has 0 fully saturated rings. The maximum absolute atomic E-state index is 13.4. The standard InChI is InChI=1S/C15H13Br2FO/c1-8-4-14(17)9(2)3-13(8)15(19)10-5-11(16)7-12(18)6-10/h3-7,15,19H,1-2H3. The maximum atomic E-state index is 13.4. The van der Waals surface area contributed by atoms with Crippen molar-refractivity contribution in [2.24, 2.45) is 0 Å². The summed E-state index contributed by atoms with van der Waals surface area (Å²) in [5, 5.41) is 10.4. The van der Waals surface area contributed by atoms with Gasteiger partial charge in [-0.25, -0.2) is 4.39 Å². The van der Waals surface area contributed by atoms with Crippen LogP contribution in [0.2, 0.25) is 0 Å². The first-order valence-electron chi connectivity index (χ1n) is 5.79. The highest BCUT2D eigenvalue weighted by atomic mass is 79.9. The molecule has 0 spiro atoms. The van der Waals surface area contributed by atoms with Crippen LogP contribution in [0.4, 0.5) is 4.39 Å². The zero-order chi connectivity index (χ0) is 14.2. The van der Waals surface area contributed by atoms with Crippen LogP contribution in [0.3, 0.4) is 0 Å². The third-order valence-electron chi connectivity index (χ3n) is 3.04. The van der Waals surface area contributed by atoms with E-state index in [0.717, 1.165) is 21.2 Å². The van der Waals surface area contributed by atoms with E-state index in [4.69, 9.17) is 0 Å². The summed E-state index contributed by atoms with van der Waals surface area (Å²) in [7, 11) is 0. The van der Waals surface area contributed by atoms with Gasteiger partial charge in [0.2, 0.25) is 0 Å². The molecule has 2 aromatic carbocycles. The lowest BCUT2D eigenvalue weighted by Gasteiger charge is -2.16. The molecule has 0 aliphatic heterocycles. The fourth-order valence-electron chi connectivity index (χ4n) is 2.01. The van der Waals surface area contributed by atoms with E-state index in [-0.39, 0.29) is 5.82 Å². The van der Waals surface area contributed by atoms with Gasteiger partial charge in [-0.2, -0.15) is 0 Å². The molecule has 0 bridgehead atoms. The molecule has 0 heterocycles. The number of rotatable bonds is 2. The molecule has 1 atom stereocenters. The van der Waals surface area contributed by atoms with Gasteiger partial charge in [-0.05, 0) is 60.4 Å². The highest BCUT2D eigenvalue weighted by molar-refractivity contribution is 9.10. The minimum atomic E-state index is -0.834. The number of halogens is 3. The van der Waals surface area contributed by atoms with Gasteiger partial charge >= 0.3 is 0 Å². The summed E-state index contributed by atoms with van der Waals surface area (Å²) < 4.78 is 15.0. The Morgan fingerprint density at radius 1 is 1.00 bits per heavy atom. The van der Waals surface area contributed by atoms with Gasteiger partial charge in [0.25, 0.3) is 0 Å². The summed E-state index contributed by atoms with van der Waals surface area (Å²) in [4.78, 5) is 0. The van der Waals surface area contributed by atoms with Gasteiger partial charge in [-0.3, -0.25) is 0 Å². The minimum absolute atomic E-state index is 0.366. The van der Waals surface area contributed by atoms with Crippen molar-refractivity contribution in [3.05, 3.63) is 67.3 Å². The van der Waals surface area contributed by atoms with Crippen LogP contribution in [0.1, 0.15) is 28.4 Å². The van der Waals surface area contributed by atoms with E-state index >= 15 is 0 Å². The van der Waals surface area contributed by atoms with Crippen molar-refractivity contribution in [1.29, 1.82) is 0 Å². The van der Waals surface area contributed by atoms with Gasteiger partial charge in [-0.15, -0.1) is 0 Å². The predicted octanol–water partition coefficient (Wildman–Crippen LogP) is 5.05. The normalized spacial score (nSPS) is 12.5. The smallest absolute Gasteiger partial charge is 0.124 e. The molecule has 19 heavy (non-hydrogen) atoms. The second-order valence-electron chi connectivity index (χ2n) is 4.56. The fourth-order valence-corrected chi connectivity index (χ4v) is 2.95. The Hall–Kier alpha value is -0.710. The molecule has 1 unspecified atom stereocenters. The van der Waals surface area contributed by atoms with Crippen molar-refractivity contribution in [3.8, 4) is 0 Å². The monoisotopic (exact) mass is 386 g/mol. The van der Waals surface area contributed by atoms with Crippen LogP contribution >= 0.6 is 31.9 Å². The second kappa shape index (κ2) is 5.73. The fraction of sp³-hybridized carbons (Fsp3) is 0.200. The summed E-state index contributed by atoms with van der Waals surface area (Å²) in [6.07, 6.45) is -0.834. The quantitative estimate of drug-likeness (QED) is 0.764. The molecular weight excluding hydrogens is 375 g/mol. The van der Waals surface area contributed by atoms with Crippen molar-refractivity contribution in [3.63, 3.8) is 0 Å². The Kier molecular flexibility index (Phi) is 4.43. The van der Waals surface area contributed by atoms with Gasteiger partial charge in [0, 0.05) is 8.95 Å². The topological polar surface area (TPSA) is 20.2 Å². The third-order valence-corrected chi connectivity index (χ3v) is 4.35. The van der Waals surface area contributed by atoms with E-state index in [1.807, 2.05) is 26.0 Å². The van der Waals surface area contributed by atoms with Crippen LogP contribution in [-0.4, -0.2) is 5.11 Å². The maximum Gasteiger partial charge on any atom is 0.124 e. The number of aliphatic hydroxyl groups is 1. The number of benzene rings is 2. The molecular formula is C15H13Br2FO. The van der Waals surface area contributed by atoms with Gasteiger partial charge in [0.15, 0.2) is 0 Å². The van der Waals surface area contributed by atoms with Crippen molar-refractivity contribution in [2.45, 2.75) is 20.0 Å². The molecule has 2 aromatic rings. The lowest BCUT2D eigenvalue weighted by Crippen LogP contribution is -2.03. The zero-order valence-corrected chi connectivity index (χ0v) is 13.7. The Labute approximate surface area is 128 Å². The van der Waals surface area contributed by atoms with Gasteiger partial charge in [-0.1, -0.05) is 37.9 Å². The molecule has 4 heteroatoms.